The van der Waals surface area contributed by atoms with Crippen LogP contribution in [0.4, 0.5) is 0 Å². The predicted molar refractivity (Wildman–Crippen MR) is 71.7 cm³/mol. The van der Waals surface area contributed by atoms with Gasteiger partial charge in [0.15, 0.2) is 5.69 Å². The van der Waals surface area contributed by atoms with Crippen molar-refractivity contribution in [2.24, 2.45) is 0 Å². The monoisotopic (exact) mass is 268 g/mol. The second-order valence-corrected chi connectivity index (χ2v) is 5.30. The Balaban J connectivity index is 1.96. The summed E-state index contributed by atoms with van der Waals surface area (Å²) in [7, 11) is 0. The second-order valence-electron chi connectivity index (χ2n) is 4.69. The van der Waals surface area contributed by atoms with E-state index in [2.05, 4.69) is 21.8 Å². The first-order valence-corrected chi connectivity index (χ1v) is 7.44. The van der Waals surface area contributed by atoms with E-state index in [0.717, 1.165) is 32.5 Å². The summed E-state index contributed by atoms with van der Waals surface area (Å²) in [5.41, 5.74) is 0.476. The number of rotatable bonds is 5. The van der Waals surface area contributed by atoms with E-state index >= 15 is 0 Å². The van der Waals surface area contributed by atoms with Crippen LogP contribution in [0.5, 0.6) is 0 Å². The third-order valence-corrected chi connectivity index (χ3v) is 3.72. The van der Waals surface area contributed by atoms with Gasteiger partial charge in [-0.1, -0.05) is 17.8 Å². The molecule has 1 N–H and O–H groups in total. The van der Waals surface area contributed by atoms with Crippen molar-refractivity contribution in [1.29, 1.82) is 0 Å². The van der Waals surface area contributed by atoms with Crippen molar-refractivity contribution < 1.29 is 4.79 Å². The average Bonchev–Trinajstić information content (AvgIpc) is 2.92. The first kappa shape index (κ1) is 13.4. The standard InChI is InChI=1S/C12H20N4OS/c1-2-7-16(8-10-5-3-4-6-13-10)12(17)11-9-18-15-14-11/h9-10,13H,2-8H2,1H3. The topological polar surface area (TPSA) is 58.1 Å². The zero-order chi connectivity index (χ0) is 12.8. The van der Waals surface area contributed by atoms with Gasteiger partial charge in [0.2, 0.25) is 0 Å². The van der Waals surface area contributed by atoms with E-state index in [1.54, 1.807) is 5.38 Å². The highest BCUT2D eigenvalue weighted by atomic mass is 32.1. The van der Waals surface area contributed by atoms with Gasteiger partial charge in [0.25, 0.3) is 5.91 Å². The van der Waals surface area contributed by atoms with Gasteiger partial charge < -0.3 is 10.2 Å². The minimum absolute atomic E-state index is 0.0120. The summed E-state index contributed by atoms with van der Waals surface area (Å²) < 4.78 is 3.76. The first-order valence-electron chi connectivity index (χ1n) is 6.61. The molecule has 1 aromatic rings. The van der Waals surface area contributed by atoms with Crippen LogP contribution in [0.2, 0.25) is 0 Å². The van der Waals surface area contributed by atoms with Gasteiger partial charge in [-0.15, -0.1) is 5.10 Å². The van der Waals surface area contributed by atoms with E-state index in [0.29, 0.717) is 11.7 Å². The largest absolute Gasteiger partial charge is 0.336 e. The third-order valence-electron chi connectivity index (χ3n) is 3.21. The summed E-state index contributed by atoms with van der Waals surface area (Å²) >= 11 is 1.23. The molecule has 2 heterocycles. The van der Waals surface area contributed by atoms with Crippen molar-refractivity contribution in [3.63, 3.8) is 0 Å². The normalized spacial score (nSPS) is 19.7. The van der Waals surface area contributed by atoms with Crippen molar-refractivity contribution in [1.82, 2.24) is 19.8 Å². The fourth-order valence-corrected chi connectivity index (χ4v) is 2.74. The maximum Gasteiger partial charge on any atom is 0.275 e. The minimum Gasteiger partial charge on any atom is -0.336 e. The van der Waals surface area contributed by atoms with E-state index in [1.807, 2.05) is 4.90 Å². The van der Waals surface area contributed by atoms with Crippen LogP contribution in [0, 0.1) is 0 Å². The number of nitrogens with one attached hydrogen (secondary N) is 1. The maximum atomic E-state index is 12.3. The lowest BCUT2D eigenvalue weighted by Gasteiger charge is -2.30. The number of piperidine rings is 1. The number of carbonyl (C=O) groups is 1. The molecule has 1 saturated heterocycles. The van der Waals surface area contributed by atoms with Crippen LogP contribution < -0.4 is 5.32 Å². The van der Waals surface area contributed by atoms with Crippen LogP contribution in [0.15, 0.2) is 5.38 Å². The Morgan fingerprint density at radius 1 is 1.61 bits per heavy atom. The molecule has 1 aromatic heterocycles. The Hall–Kier alpha value is -1.01. The summed E-state index contributed by atoms with van der Waals surface area (Å²) in [5, 5.41) is 9.07. The predicted octanol–water partition coefficient (Wildman–Crippen LogP) is 1.53. The molecule has 0 aliphatic carbocycles. The van der Waals surface area contributed by atoms with Gasteiger partial charge in [0.05, 0.1) is 0 Å². The summed E-state index contributed by atoms with van der Waals surface area (Å²) in [6.45, 7) is 4.73. The van der Waals surface area contributed by atoms with Crippen LogP contribution in [-0.4, -0.2) is 46.1 Å². The Morgan fingerprint density at radius 2 is 2.50 bits per heavy atom. The molecule has 6 heteroatoms. The molecule has 18 heavy (non-hydrogen) atoms. The van der Waals surface area contributed by atoms with Gasteiger partial charge in [-0.2, -0.15) is 0 Å². The maximum absolute atomic E-state index is 12.3. The zero-order valence-corrected chi connectivity index (χ0v) is 11.6. The van der Waals surface area contributed by atoms with Crippen LogP contribution in [0.1, 0.15) is 43.1 Å². The first-order chi connectivity index (χ1) is 8.81. The molecule has 1 unspecified atom stereocenters. The Bertz CT molecular complexity index is 362. The van der Waals surface area contributed by atoms with Gasteiger partial charge in [0.1, 0.15) is 0 Å². The lowest BCUT2D eigenvalue weighted by Crippen LogP contribution is -2.46. The van der Waals surface area contributed by atoms with Crippen LogP contribution in [0.25, 0.3) is 0 Å². The molecular formula is C12H20N4OS. The number of hydrogen-bond donors (Lipinski definition) is 1. The van der Waals surface area contributed by atoms with Crippen molar-refractivity contribution in [3.05, 3.63) is 11.1 Å². The van der Waals surface area contributed by atoms with E-state index in [4.69, 9.17) is 0 Å². The number of aromatic nitrogens is 2. The fourth-order valence-electron chi connectivity index (χ4n) is 2.31. The fraction of sp³-hybridized carbons (Fsp3) is 0.750. The molecular weight excluding hydrogens is 248 g/mol. The molecule has 1 amide bonds. The SMILES string of the molecule is CCCN(CC1CCCCN1)C(=O)c1csnn1. The lowest BCUT2D eigenvalue weighted by atomic mass is 10.0. The van der Waals surface area contributed by atoms with Crippen molar-refractivity contribution in [2.45, 2.75) is 38.6 Å². The molecule has 5 nitrogen and oxygen atoms in total. The van der Waals surface area contributed by atoms with Gasteiger partial charge in [-0.3, -0.25) is 4.79 Å². The van der Waals surface area contributed by atoms with E-state index in [1.165, 1.54) is 24.4 Å². The third kappa shape index (κ3) is 3.49. The molecule has 0 spiro atoms. The highest BCUT2D eigenvalue weighted by Crippen LogP contribution is 2.11. The molecule has 2 rings (SSSR count). The van der Waals surface area contributed by atoms with E-state index in [-0.39, 0.29) is 5.91 Å². The Labute approximate surface area is 112 Å². The second kappa shape index (κ2) is 6.80. The summed E-state index contributed by atoms with van der Waals surface area (Å²) in [5.74, 6) is 0.0120. The van der Waals surface area contributed by atoms with Crippen LogP contribution in [0.3, 0.4) is 0 Å². The average molecular weight is 268 g/mol. The van der Waals surface area contributed by atoms with Gasteiger partial charge >= 0.3 is 0 Å². The highest BCUT2D eigenvalue weighted by Gasteiger charge is 2.22. The zero-order valence-electron chi connectivity index (χ0n) is 10.8. The van der Waals surface area contributed by atoms with Crippen molar-refractivity contribution in [3.8, 4) is 0 Å². The molecule has 1 aliphatic rings. The van der Waals surface area contributed by atoms with E-state index < -0.39 is 0 Å². The molecule has 0 saturated carbocycles. The lowest BCUT2D eigenvalue weighted by molar-refractivity contribution is 0.0726. The number of nitrogens with zero attached hydrogens (tertiary/aromatic N) is 3. The van der Waals surface area contributed by atoms with Gasteiger partial charge in [-0.05, 0) is 37.3 Å². The summed E-state index contributed by atoms with van der Waals surface area (Å²) in [6, 6.07) is 0.431. The van der Waals surface area contributed by atoms with Gasteiger partial charge in [0, 0.05) is 24.5 Å². The molecule has 0 aromatic carbocycles. The summed E-state index contributed by atoms with van der Waals surface area (Å²) in [6.07, 6.45) is 4.62. The Morgan fingerprint density at radius 3 is 3.11 bits per heavy atom. The highest BCUT2D eigenvalue weighted by molar-refractivity contribution is 7.03. The minimum atomic E-state index is 0.0120. The van der Waals surface area contributed by atoms with Crippen molar-refractivity contribution >= 4 is 17.4 Å². The van der Waals surface area contributed by atoms with Gasteiger partial charge in [-0.25, -0.2) is 0 Å². The molecule has 1 aliphatic heterocycles. The number of hydrogen-bond acceptors (Lipinski definition) is 5. The molecule has 0 radical (unpaired) electrons. The number of carbonyl (C=O) groups excluding carboxylic acids is 1. The molecule has 1 atom stereocenters. The van der Waals surface area contributed by atoms with Crippen LogP contribution in [-0.2, 0) is 0 Å². The molecule has 100 valence electrons. The summed E-state index contributed by atoms with van der Waals surface area (Å²) in [4.78, 5) is 14.2. The quantitative estimate of drug-likeness (QED) is 0.880. The van der Waals surface area contributed by atoms with E-state index in [9.17, 15) is 4.79 Å². The molecule has 1 fully saturated rings. The Kier molecular flexibility index (Phi) is 5.07. The van der Waals surface area contributed by atoms with Crippen LogP contribution >= 0.6 is 11.5 Å². The van der Waals surface area contributed by atoms with Crippen molar-refractivity contribution in [2.75, 3.05) is 19.6 Å². The smallest absolute Gasteiger partial charge is 0.275 e. The molecule has 0 bridgehead atoms. The number of amides is 1.